The fourth-order valence-electron chi connectivity index (χ4n) is 1.83. The van der Waals surface area contributed by atoms with Crippen molar-refractivity contribution in [3.05, 3.63) is 28.5 Å². The molecule has 1 unspecified atom stereocenters. The Morgan fingerprint density at radius 3 is 2.58 bits per heavy atom. The third-order valence-electron chi connectivity index (χ3n) is 2.95. The number of carbonyl (C=O) groups is 2. The predicted molar refractivity (Wildman–Crippen MR) is 72.6 cm³/mol. The third kappa shape index (κ3) is 3.53. The summed E-state index contributed by atoms with van der Waals surface area (Å²) in [5.41, 5.74) is -0.884. The van der Waals surface area contributed by atoms with Gasteiger partial charge < -0.3 is 9.84 Å². The van der Waals surface area contributed by atoms with Crippen LogP contribution in [0.4, 0.5) is 0 Å². The van der Waals surface area contributed by atoms with Gasteiger partial charge in [-0.1, -0.05) is 6.92 Å². The number of carbonyl (C=O) groups excluding carboxylic acids is 1. The monoisotopic (exact) mass is 329 g/mol. The molecule has 1 rings (SSSR count). The van der Waals surface area contributed by atoms with Crippen molar-refractivity contribution >= 4 is 27.9 Å². The smallest absolute Gasteiger partial charge is 0.323 e. The topological polar surface area (TPSA) is 76.5 Å². The highest BCUT2D eigenvalue weighted by molar-refractivity contribution is 9.10. The van der Waals surface area contributed by atoms with Crippen molar-refractivity contribution in [2.45, 2.75) is 26.7 Å². The Balaban J connectivity index is 3.10. The molecule has 0 amide bonds. The normalized spacial score (nSPS) is 13.6. The van der Waals surface area contributed by atoms with Gasteiger partial charge >= 0.3 is 11.9 Å². The van der Waals surface area contributed by atoms with Crippen LogP contribution in [-0.2, 0) is 20.7 Å². The van der Waals surface area contributed by atoms with Crippen molar-refractivity contribution in [3.63, 3.8) is 0 Å². The molecule has 0 saturated heterocycles. The highest BCUT2D eigenvalue weighted by Gasteiger charge is 2.46. The molecule has 0 aliphatic rings. The number of carboxylic acids is 1. The summed E-state index contributed by atoms with van der Waals surface area (Å²) in [4.78, 5) is 27.5. The number of esters is 1. The molecule has 1 aromatic heterocycles. The quantitative estimate of drug-likeness (QED) is 0.640. The van der Waals surface area contributed by atoms with Crippen molar-refractivity contribution in [1.82, 2.24) is 4.98 Å². The number of hydrogen-bond acceptors (Lipinski definition) is 4. The Bertz CT molecular complexity index is 477. The van der Waals surface area contributed by atoms with Gasteiger partial charge in [-0.05, 0) is 40.9 Å². The molecule has 0 radical (unpaired) electrons. The maximum Gasteiger partial charge on any atom is 0.323 e. The number of carboxylic acid groups (broad SMARTS) is 1. The number of nitrogens with zero attached hydrogens (tertiary/aromatic N) is 1. The summed E-state index contributed by atoms with van der Waals surface area (Å²) in [5, 5.41) is 9.42. The Morgan fingerprint density at radius 1 is 1.42 bits per heavy atom. The number of ether oxygens (including phenoxy) is 1. The third-order valence-corrected chi connectivity index (χ3v) is 3.38. The van der Waals surface area contributed by atoms with Crippen LogP contribution in [0, 0.1) is 5.41 Å². The number of aromatic nitrogens is 1. The second-order valence-electron chi connectivity index (χ2n) is 4.15. The first-order valence-electron chi connectivity index (χ1n) is 5.96. The minimum absolute atomic E-state index is 0.0596. The number of rotatable bonds is 6. The molecule has 1 N–H and O–H groups in total. The van der Waals surface area contributed by atoms with Crippen molar-refractivity contribution in [2.75, 3.05) is 6.61 Å². The van der Waals surface area contributed by atoms with Crippen LogP contribution in [0.15, 0.2) is 22.9 Å². The van der Waals surface area contributed by atoms with Crippen LogP contribution in [0.3, 0.4) is 0 Å². The molecule has 1 atom stereocenters. The lowest BCUT2D eigenvalue weighted by atomic mass is 9.79. The second kappa shape index (κ2) is 6.65. The molecule has 0 aromatic carbocycles. The van der Waals surface area contributed by atoms with E-state index in [2.05, 4.69) is 20.9 Å². The molecule has 5 nitrogen and oxygen atoms in total. The van der Waals surface area contributed by atoms with Gasteiger partial charge in [0.05, 0.1) is 6.61 Å². The number of halogens is 1. The van der Waals surface area contributed by atoms with Gasteiger partial charge in [-0.15, -0.1) is 0 Å². The van der Waals surface area contributed by atoms with Gasteiger partial charge in [-0.3, -0.25) is 14.6 Å². The van der Waals surface area contributed by atoms with Crippen molar-refractivity contribution < 1.29 is 19.4 Å². The Kier molecular flexibility index (Phi) is 5.47. The van der Waals surface area contributed by atoms with E-state index in [0.29, 0.717) is 5.56 Å². The maximum absolute atomic E-state index is 12.0. The highest BCUT2D eigenvalue weighted by atomic mass is 79.9. The number of hydrogen-bond donors (Lipinski definition) is 1. The van der Waals surface area contributed by atoms with E-state index >= 15 is 0 Å². The zero-order chi connectivity index (χ0) is 14.5. The summed E-state index contributed by atoms with van der Waals surface area (Å²) in [5.74, 6) is -1.88. The molecule has 104 valence electrons. The van der Waals surface area contributed by atoms with Gasteiger partial charge in [-0.2, -0.15) is 0 Å². The van der Waals surface area contributed by atoms with Crippen LogP contribution in [0.1, 0.15) is 25.8 Å². The van der Waals surface area contributed by atoms with Gasteiger partial charge in [0, 0.05) is 23.3 Å². The molecule has 1 heterocycles. The van der Waals surface area contributed by atoms with Crippen LogP contribution in [0.5, 0.6) is 0 Å². The Morgan fingerprint density at radius 2 is 2.11 bits per heavy atom. The summed E-state index contributed by atoms with van der Waals surface area (Å²) in [6, 6.07) is 1.75. The summed E-state index contributed by atoms with van der Waals surface area (Å²) in [7, 11) is 0. The molecule has 0 saturated carbocycles. The summed E-state index contributed by atoms with van der Waals surface area (Å²) < 4.78 is 5.65. The molecule has 0 spiro atoms. The van der Waals surface area contributed by atoms with Crippen LogP contribution < -0.4 is 0 Å². The average molecular weight is 330 g/mol. The predicted octanol–water partition coefficient (Wildman–Crippen LogP) is 2.43. The molecule has 0 bridgehead atoms. The van der Waals surface area contributed by atoms with Crippen LogP contribution in [0.2, 0.25) is 0 Å². The Labute approximate surface area is 120 Å². The first-order valence-corrected chi connectivity index (χ1v) is 6.75. The van der Waals surface area contributed by atoms with Crippen LogP contribution >= 0.6 is 15.9 Å². The highest BCUT2D eigenvalue weighted by Crippen LogP contribution is 2.30. The lowest BCUT2D eigenvalue weighted by Crippen LogP contribution is -2.42. The minimum Gasteiger partial charge on any atom is -0.480 e. The largest absolute Gasteiger partial charge is 0.480 e. The van der Waals surface area contributed by atoms with E-state index in [1.807, 2.05) is 0 Å². The molecule has 0 aliphatic heterocycles. The average Bonchev–Trinajstić information content (AvgIpc) is 2.36. The summed E-state index contributed by atoms with van der Waals surface area (Å²) >= 11 is 3.27. The molecule has 6 heteroatoms. The van der Waals surface area contributed by atoms with E-state index in [-0.39, 0.29) is 19.4 Å². The Hall–Kier alpha value is -1.43. The first-order chi connectivity index (χ1) is 8.96. The zero-order valence-electron chi connectivity index (χ0n) is 10.9. The fraction of sp³-hybridized carbons (Fsp3) is 0.462. The van der Waals surface area contributed by atoms with E-state index in [1.54, 1.807) is 32.3 Å². The minimum atomic E-state index is -1.56. The van der Waals surface area contributed by atoms with Gasteiger partial charge in [0.15, 0.2) is 5.41 Å². The zero-order valence-corrected chi connectivity index (χ0v) is 12.4. The first kappa shape index (κ1) is 15.6. The van der Waals surface area contributed by atoms with Gasteiger partial charge in [-0.25, -0.2) is 0 Å². The van der Waals surface area contributed by atoms with E-state index < -0.39 is 17.4 Å². The lowest BCUT2D eigenvalue weighted by molar-refractivity contribution is -0.168. The fourth-order valence-corrected chi connectivity index (χ4v) is 2.24. The standard InChI is InChI=1S/C13H16BrNO4/c1-3-13(11(16)17,12(18)19-4-2)6-9-5-10(14)8-15-7-9/h5,7-8H,3-4,6H2,1-2H3,(H,16,17). The molecule has 0 fully saturated rings. The van der Waals surface area contributed by atoms with E-state index in [0.717, 1.165) is 4.47 Å². The van der Waals surface area contributed by atoms with Crippen molar-refractivity contribution in [3.8, 4) is 0 Å². The van der Waals surface area contributed by atoms with E-state index in [4.69, 9.17) is 4.74 Å². The SMILES string of the molecule is CCOC(=O)C(CC)(Cc1cncc(Br)c1)C(=O)O. The maximum atomic E-state index is 12.0. The van der Waals surface area contributed by atoms with Crippen molar-refractivity contribution in [2.24, 2.45) is 5.41 Å². The second-order valence-corrected chi connectivity index (χ2v) is 5.07. The van der Waals surface area contributed by atoms with Crippen LogP contribution in [0.25, 0.3) is 0 Å². The van der Waals surface area contributed by atoms with E-state index in [9.17, 15) is 14.7 Å². The van der Waals surface area contributed by atoms with Gasteiger partial charge in [0.2, 0.25) is 0 Å². The number of aliphatic carboxylic acids is 1. The molecule has 1 aromatic rings. The molecular formula is C13H16BrNO4. The molecule has 19 heavy (non-hydrogen) atoms. The molecular weight excluding hydrogens is 314 g/mol. The summed E-state index contributed by atoms with van der Waals surface area (Å²) in [6.07, 6.45) is 3.37. The van der Waals surface area contributed by atoms with Crippen molar-refractivity contribution in [1.29, 1.82) is 0 Å². The summed E-state index contributed by atoms with van der Waals surface area (Å²) in [6.45, 7) is 3.47. The molecule has 0 aliphatic carbocycles. The lowest BCUT2D eigenvalue weighted by Gasteiger charge is -2.25. The van der Waals surface area contributed by atoms with Gasteiger partial charge in [0.1, 0.15) is 0 Å². The van der Waals surface area contributed by atoms with Crippen LogP contribution in [-0.4, -0.2) is 28.6 Å². The van der Waals surface area contributed by atoms with Gasteiger partial charge in [0.25, 0.3) is 0 Å². The van der Waals surface area contributed by atoms with E-state index in [1.165, 1.54) is 0 Å². The number of pyridine rings is 1.